The van der Waals surface area contributed by atoms with Gasteiger partial charge in [0.2, 0.25) is 0 Å². The van der Waals surface area contributed by atoms with Gasteiger partial charge in [0.1, 0.15) is 6.10 Å². The van der Waals surface area contributed by atoms with Gasteiger partial charge in [-0.25, -0.2) is 0 Å². The summed E-state index contributed by atoms with van der Waals surface area (Å²) in [6.07, 6.45) is 32.3. The van der Waals surface area contributed by atoms with Gasteiger partial charge in [-0.05, 0) is 64.2 Å². The minimum atomic E-state index is -0.703. The Labute approximate surface area is 224 Å². The molecule has 0 rings (SSSR count). The van der Waals surface area contributed by atoms with E-state index in [1.807, 2.05) is 0 Å². The van der Waals surface area contributed by atoms with Crippen molar-refractivity contribution in [2.75, 3.05) is 0 Å². The van der Waals surface area contributed by atoms with Crippen LogP contribution in [0.3, 0.4) is 0 Å². The van der Waals surface area contributed by atoms with Crippen LogP contribution in [0.25, 0.3) is 0 Å². The van der Waals surface area contributed by atoms with E-state index in [4.69, 9.17) is 9.84 Å². The maximum absolute atomic E-state index is 12.4. The average molecular weight is 509 g/mol. The van der Waals surface area contributed by atoms with Crippen molar-refractivity contribution in [2.24, 2.45) is 0 Å². The van der Waals surface area contributed by atoms with Crippen LogP contribution in [0.5, 0.6) is 0 Å². The van der Waals surface area contributed by atoms with E-state index < -0.39 is 5.97 Å². The topological polar surface area (TPSA) is 63.6 Å². The van der Waals surface area contributed by atoms with Crippen LogP contribution in [0, 0.1) is 0 Å². The molecule has 0 aromatic heterocycles. The van der Waals surface area contributed by atoms with Crippen molar-refractivity contribution in [3.63, 3.8) is 0 Å². The van der Waals surface area contributed by atoms with Crippen LogP contribution in [-0.4, -0.2) is 23.1 Å². The molecule has 0 aliphatic rings. The van der Waals surface area contributed by atoms with Gasteiger partial charge in [-0.15, -0.1) is 0 Å². The highest BCUT2D eigenvalue weighted by Crippen LogP contribution is 2.18. The standard InChI is InChI=1S/C32H60O4/c1-3-5-7-9-10-11-12-13-14-15-16-17-21-25-29-32(35)36-30(26-22-8-6-4-2)27-23-19-18-20-24-28-31(33)34/h11-12,30H,3-10,13-29H2,1-2H3,(H,33,34)/b12-11-. The Bertz CT molecular complexity index is 514. The van der Waals surface area contributed by atoms with Crippen molar-refractivity contribution in [1.82, 2.24) is 0 Å². The molecule has 0 radical (unpaired) electrons. The molecule has 0 fully saturated rings. The molecule has 0 saturated carbocycles. The van der Waals surface area contributed by atoms with Crippen LogP contribution < -0.4 is 0 Å². The van der Waals surface area contributed by atoms with E-state index in [0.717, 1.165) is 64.2 Å². The van der Waals surface area contributed by atoms with Gasteiger partial charge in [0.05, 0.1) is 0 Å². The first-order chi connectivity index (χ1) is 17.6. The Morgan fingerprint density at radius 1 is 0.583 bits per heavy atom. The second-order valence-electron chi connectivity index (χ2n) is 10.6. The number of carbonyl (C=O) groups excluding carboxylic acids is 1. The number of rotatable bonds is 28. The van der Waals surface area contributed by atoms with Crippen molar-refractivity contribution in [1.29, 1.82) is 0 Å². The smallest absolute Gasteiger partial charge is 0.306 e. The van der Waals surface area contributed by atoms with Gasteiger partial charge >= 0.3 is 11.9 Å². The third-order valence-corrected chi connectivity index (χ3v) is 6.99. The quantitative estimate of drug-likeness (QED) is 0.0648. The largest absolute Gasteiger partial charge is 0.481 e. The van der Waals surface area contributed by atoms with Gasteiger partial charge in [0, 0.05) is 12.8 Å². The van der Waals surface area contributed by atoms with Crippen molar-refractivity contribution < 1.29 is 19.4 Å². The van der Waals surface area contributed by atoms with Gasteiger partial charge in [-0.3, -0.25) is 9.59 Å². The Morgan fingerprint density at radius 3 is 1.53 bits per heavy atom. The summed E-state index contributed by atoms with van der Waals surface area (Å²) in [5.74, 6) is -0.716. The minimum absolute atomic E-state index is 0.0129. The van der Waals surface area contributed by atoms with Crippen molar-refractivity contribution >= 4 is 11.9 Å². The van der Waals surface area contributed by atoms with E-state index in [2.05, 4.69) is 26.0 Å². The number of aliphatic carboxylic acids is 1. The Morgan fingerprint density at radius 2 is 1.00 bits per heavy atom. The molecule has 4 nitrogen and oxygen atoms in total. The van der Waals surface area contributed by atoms with Crippen molar-refractivity contribution in [2.45, 2.75) is 180 Å². The first kappa shape index (κ1) is 34.7. The molecule has 0 heterocycles. The number of allylic oxidation sites excluding steroid dienone is 2. The normalized spacial score (nSPS) is 12.3. The first-order valence-corrected chi connectivity index (χ1v) is 15.7. The highest BCUT2D eigenvalue weighted by Gasteiger charge is 2.14. The highest BCUT2D eigenvalue weighted by atomic mass is 16.5. The molecule has 1 unspecified atom stereocenters. The Kier molecular flexibility index (Phi) is 27.2. The van der Waals surface area contributed by atoms with E-state index in [0.29, 0.717) is 6.42 Å². The van der Waals surface area contributed by atoms with Crippen LogP contribution in [0.4, 0.5) is 0 Å². The van der Waals surface area contributed by atoms with E-state index in [-0.39, 0.29) is 18.5 Å². The lowest BCUT2D eigenvalue weighted by molar-refractivity contribution is -0.150. The zero-order valence-corrected chi connectivity index (χ0v) is 24.1. The molecule has 0 aromatic rings. The lowest BCUT2D eigenvalue weighted by Gasteiger charge is -2.18. The van der Waals surface area contributed by atoms with Gasteiger partial charge in [0.15, 0.2) is 0 Å². The molecule has 0 saturated heterocycles. The van der Waals surface area contributed by atoms with Crippen LogP contribution in [0.15, 0.2) is 12.2 Å². The summed E-state index contributed by atoms with van der Waals surface area (Å²) in [6.45, 7) is 4.48. The fraction of sp³-hybridized carbons (Fsp3) is 0.875. The number of unbranched alkanes of at least 4 members (excludes halogenated alkanes) is 17. The molecule has 0 bridgehead atoms. The fourth-order valence-corrected chi connectivity index (χ4v) is 4.65. The molecule has 1 N–H and O–H groups in total. The predicted octanol–water partition coefficient (Wildman–Crippen LogP) is 10.3. The van der Waals surface area contributed by atoms with E-state index in [1.54, 1.807) is 0 Å². The van der Waals surface area contributed by atoms with Crippen molar-refractivity contribution in [3.05, 3.63) is 12.2 Å². The van der Waals surface area contributed by atoms with Crippen LogP contribution in [-0.2, 0) is 14.3 Å². The van der Waals surface area contributed by atoms with Gasteiger partial charge in [-0.2, -0.15) is 0 Å². The maximum Gasteiger partial charge on any atom is 0.306 e. The Hall–Kier alpha value is -1.32. The van der Waals surface area contributed by atoms with Gasteiger partial charge in [-0.1, -0.05) is 109 Å². The summed E-state index contributed by atoms with van der Waals surface area (Å²) in [5.41, 5.74) is 0. The maximum atomic E-state index is 12.4. The molecule has 0 aliphatic carbocycles. The second kappa shape index (κ2) is 28.3. The van der Waals surface area contributed by atoms with E-state index in [9.17, 15) is 9.59 Å². The van der Waals surface area contributed by atoms with E-state index >= 15 is 0 Å². The molecular weight excluding hydrogens is 448 g/mol. The summed E-state index contributed by atoms with van der Waals surface area (Å²) in [6, 6.07) is 0. The number of carboxylic acids is 1. The number of carboxylic acid groups (broad SMARTS) is 1. The second-order valence-corrected chi connectivity index (χ2v) is 10.6. The van der Waals surface area contributed by atoms with E-state index in [1.165, 1.54) is 83.5 Å². The van der Waals surface area contributed by atoms with Crippen LogP contribution in [0.1, 0.15) is 174 Å². The molecule has 0 aliphatic heterocycles. The Balaban J connectivity index is 3.83. The molecule has 212 valence electrons. The molecular formula is C32H60O4. The monoisotopic (exact) mass is 508 g/mol. The molecule has 0 aromatic carbocycles. The highest BCUT2D eigenvalue weighted by molar-refractivity contribution is 5.69. The molecule has 0 spiro atoms. The SMILES string of the molecule is CCCCCC/C=C\CCCCCCCCC(=O)OC(CCCCCC)CCCCCCCC(=O)O. The number of hydrogen-bond donors (Lipinski definition) is 1. The van der Waals surface area contributed by atoms with Crippen molar-refractivity contribution in [3.8, 4) is 0 Å². The zero-order chi connectivity index (χ0) is 26.5. The minimum Gasteiger partial charge on any atom is -0.481 e. The lowest BCUT2D eigenvalue weighted by Crippen LogP contribution is -2.18. The zero-order valence-electron chi connectivity index (χ0n) is 24.1. The predicted molar refractivity (Wildman–Crippen MR) is 153 cm³/mol. The summed E-state index contributed by atoms with van der Waals surface area (Å²) in [7, 11) is 0. The van der Waals surface area contributed by atoms with Crippen LogP contribution >= 0.6 is 0 Å². The molecule has 1 atom stereocenters. The third kappa shape index (κ3) is 27.3. The third-order valence-electron chi connectivity index (χ3n) is 6.99. The number of hydrogen-bond acceptors (Lipinski definition) is 3. The van der Waals surface area contributed by atoms with Gasteiger partial charge in [0.25, 0.3) is 0 Å². The molecule has 0 amide bonds. The molecule has 4 heteroatoms. The van der Waals surface area contributed by atoms with Gasteiger partial charge < -0.3 is 9.84 Å². The average Bonchev–Trinajstić information content (AvgIpc) is 2.85. The molecule has 36 heavy (non-hydrogen) atoms. The number of ether oxygens (including phenoxy) is 1. The fourth-order valence-electron chi connectivity index (χ4n) is 4.65. The summed E-state index contributed by atoms with van der Waals surface area (Å²) < 4.78 is 5.88. The first-order valence-electron chi connectivity index (χ1n) is 15.7. The summed E-state index contributed by atoms with van der Waals surface area (Å²) in [4.78, 5) is 23.0. The summed E-state index contributed by atoms with van der Waals surface area (Å²) in [5, 5.41) is 8.72. The lowest BCUT2D eigenvalue weighted by atomic mass is 10.0. The van der Waals surface area contributed by atoms with Crippen LogP contribution in [0.2, 0.25) is 0 Å². The number of esters is 1. The summed E-state index contributed by atoms with van der Waals surface area (Å²) >= 11 is 0. The number of carbonyl (C=O) groups is 2.